The molecule has 0 aromatic heterocycles. The van der Waals surface area contributed by atoms with Gasteiger partial charge in [-0.25, -0.2) is 0 Å². The van der Waals surface area contributed by atoms with E-state index in [2.05, 4.69) is 38.3 Å². The van der Waals surface area contributed by atoms with Crippen LogP contribution >= 0.6 is 15.9 Å². The highest BCUT2D eigenvalue weighted by atomic mass is 79.9. The molecule has 0 bridgehead atoms. The van der Waals surface area contributed by atoms with E-state index in [0.29, 0.717) is 6.61 Å². The maximum absolute atomic E-state index is 12.1. The van der Waals surface area contributed by atoms with Gasteiger partial charge < -0.3 is 15.0 Å². The Morgan fingerprint density at radius 3 is 3.05 bits per heavy atom. The van der Waals surface area contributed by atoms with Gasteiger partial charge in [0.2, 0.25) is 5.91 Å². The third-order valence-electron chi connectivity index (χ3n) is 4.18. The van der Waals surface area contributed by atoms with Gasteiger partial charge in [0.1, 0.15) is 0 Å². The standard InChI is InChI=1S/C16H21BrN2O2/c1-2-21-15-9-12(15)16(20)18-11-7-8-19(10-11)14-6-4-3-5-13(14)17/h3-6,11-12,15H,2,7-10H2,1H3,(H,18,20). The average molecular weight is 353 g/mol. The lowest BCUT2D eigenvalue weighted by atomic mass is 10.2. The molecule has 1 saturated heterocycles. The summed E-state index contributed by atoms with van der Waals surface area (Å²) in [5, 5.41) is 3.17. The fraction of sp³-hybridized carbons (Fsp3) is 0.562. The molecule has 0 radical (unpaired) electrons. The minimum absolute atomic E-state index is 0.0717. The Kier molecular flexibility index (Phi) is 4.50. The molecular weight excluding hydrogens is 332 g/mol. The number of nitrogens with one attached hydrogen (secondary N) is 1. The van der Waals surface area contributed by atoms with Gasteiger partial charge in [-0.15, -0.1) is 0 Å². The van der Waals surface area contributed by atoms with Gasteiger partial charge in [0, 0.05) is 30.2 Å². The maximum Gasteiger partial charge on any atom is 0.226 e. The summed E-state index contributed by atoms with van der Waals surface area (Å²) in [6.45, 7) is 4.51. The molecule has 2 aliphatic rings. The zero-order valence-corrected chi connectivity index (χ0v) is 13.8. The van der Waals surface area contributed by atoms with E-state index in [0.717, 1.165) is 30.4 Å². The Balaban J connectivity index is 1.51. The number of rotatable bonds is 5. The number of carbonyl (C=O) groups is 1. The lowest BCUT2D eigenvalue weighted by Gasteiger charge is -2.20. The fourth-order valence-electron chi connectivity index (χ4n) is 2.96. The van der Waals surface area contributed by atoms with Crippen LogP contribution in [0.2, 0.25) is 0 Å². The number of hydrogen-bond acceptors (Lipinski definition) is 3. The predicted octanol–water partition coefficient (Wildman–Crippen LogP) is 2.57. The molecule has 5 heteroatoms. The highest BCUT2D eigenvalue weighted by molar-refractivity contribution is 9.10. The highest BCUT2D eigenvalue weighted by Crippen LogP contribution is 2.34. The summed E-state index contributed by atoms with van der Waals surface area (Å²) in [5.41, 5.74) is 1.20. The second-order valence-corrected chi connectivity index (χ2v) is 6.58. The molecule has 2 fully saturated rings. The van der Waals surface area contributed by atoms with Crippen molar-refractivity contribution in [1.82, 2.24) is 5.32 Å². The third kappa shape index (κ3) is 3.40. The molecule has 1 amide bonds. The minimum Gasteiger partial charge on any atom is -0.378 e. The molecule has 114 valence electrons. The third-order valence-corrected chi connectivity index (χ3v) is 4.85. The summed E-state index contributed by atoms with van der Waals surface area (Å²) in [7, 11) is 0. The first-order chi connectivity index (χ1) is 10.2. The number of benzene rings is 1. The van der Waals surface area contributed by atoms with Crippen molar-refractivity contribution >= 4 is 27.5 Å². The van der Waals surface area contributed by atoms with Gasteiger partial charge in [0.15, 0.2) is 0 Å². The molecule has 1 aromatic carbocycles. The number of ether oxygens (including phenoxy) is 1. The number of halogens is 1. The summed E-state index contributed by atoms with van der Waals surface area (Å²) in [5.74, 6) is 0.231. The SMILES string of the molecule is CCOC1CC1C(=O)NC1CCN(c2ccccc2Br)C1. The molecule has 21 heavy (non-hydrogen) atoms. The number of carbonyl (C=O) groups excluding carboxylic acids is 1. The Labute approximate surface area is 134 Å². The van der Waals surface area contributed by atoms with Crippen LogP contribution in [0.25, 0.3) is 0 Å². The Bertz CT molecular complexity index is 523. The quantitative estimate of drug-likeness (QED) is 0.885. The molecule has 0 spiro atoms. The summed E-state index contributed by atoms with van der Waals surface area (Å²) in [6.07, 6.45) is 2.02. The molecule has 1 saturated carbocycles. The van der Waals surface area contributed by atoms with Crippen molar-refractivity contribution in [3.05, 3.63) is 28.7 Å². The van der Waals surface area contributed by atoms with Crippen LogP contribution in [0.1, 0.15) is 19.8 Å². The van der Waals surface area contributed by atoms with E-state index in [1.807, 2.05) is 19.1 Å². The number of hydrogen-bond donors (Lipinski definition) is 1. The lowest BCUT2D eigenvalue weighted by Crippen LogP contribution is -2.38. The van der Waals surface area contributed by atoms with Crippen molar-refractivity contribution in [2.24, 2.45) is 5.92 Å². The van der Waals surface area contributed by atoms with Crippen LogP contribution in [0.3, 0.4) is 0 Å². The fourth-order valence-corrected chi connectivity index (χ4v) is 3.49. The number of amides is 1. The molecule has 1 aliphatic carbocycles. The van der Waals surface area contributed by atoms with E-state index in [1.54, 1.807) is 0 Å². The van der Waals surface area contributed by atoms with Crippen molar-refractivity contribution in [2.45, 2.75) is 31.9 Å². The second-order valence-electron chi connectivity index (χ2n) is 5.73. The van der Waals surface area contributed by atoms with E-state index in [1.165, 1.54) is 5.69 Å². The van der Waals surface area contributed by atoms with Crippen LogP contribution in [0.5, 0.6) is 0 Å². The predicted molar refractivity (Wildman–Crippen MR) is 86.4 cm³/mol. The molecule has 3 rings (SSSR count). The molecule has 1 heterocycles. The molecule has 1 N–H and O–H groups in total. The maximum atomic E-state index is 12.1. The first-order valence-electron chi connectivity index (χ1n) is 7.60. The van der Waals surface area contributed by atoms with E-state index < -0.39 is 0 Å². The Morgan fingerprint density at radius 1 is 1.48 bits per heavy atom. The van der Waals surface area contributed by atoms with Crippen LogP contribution < -0.4 is 10.2 Å². The first kappa shape index (κ1) is 14.9. The number of anilines is 1. The summed E-state index contributed by atoms with van der Waals surface area (Å²) in [4.78, 5) is 14.5. The monoisotopic (exact) mass is 352 g/mol. The zero-order valence-electron chi connectivity index (χ0n) is 12.2. The molecular formula is C16H21BrN2O2. The average Bonchev–Trinajstić information content (AvgIpc) is 3.09. The first-order valence-corrected chi connectivity index (χ1v) is 8.39. The van der Waals surface area contributed by atoms with Crippen molar-refractivity contribution in [2.75, 3.05) is 24.6 Å². The smallest absolute Gasteiger partial charge is 0.226 e. The highest BCUT2D eigenvalue weighted by Gasteiger charge is 2.44. The normalized spacial score (nSPS) is 27.7. The Morgan fingerprint density at radius 2 is 2.29 bits per heavy atom. The van der Waals surface area contributed by atoms with Crippen LogP contribution in [0.15, 0.2) is 28.7 Å². The van der Waals surface area contributed by atoms with Crippen LogP contribution in [0.4, 0.5) is 5.69 Å². The van der Waals surface area contributed by atoms with Crippen LogP contribution in [-0.4, -0.2) is 37.7 Å². The minimum atomic E-state index is 0.0717. The van der Waals surface area contributed by atoms with Gasteiger partial charge in [-0.1, -0.05) is 12.1 Å². The van der Waals surface area contributed by atoms with Gasteiger partial charge >= 0.3 is 0 Å². The van der Waals surface area contributed by atoms with Gasteiger partial charge in [-0.05, 0) is 47.8 Å². The molecule has 4 nitrogen and oxygen atoms in total. The van der Waals surface area contributed by atoms with E-state index in [9.17, 15) is 4.79 Å². The lowest BCUT2D eigenvalue weighted by molar-refractivity contribution is -0.123. The van der Waals surface area contributed by atoms with E-state index in [-0.39, 0.29) is 24.0 Å². The van der Waals surface area contributed by atoms with Crippen LogP contribution in [0, 0.1) is 5.92 Å². The topological polar surface area (TPSA) is 41.6 Å². The van der Waals surface area contributed by atoms with Crippen molar-refractivity contribution in [3.63, 3.8) is 0 Å². The van der Waals surface area contributed by atoms with Gasteiger partial charge in [-0.2, -0.15) is 0 Å². The van der Waals surface area contributed by atoms with Crippen molar-refractivity contribution in [1.29, 1.82) is 0 Å². The molecule has 1 aliphatic heterocycles. The van der Waals surface area contributed by atoms with Gasteiger partial charge in [0.25, 0.3) is 0 Å². The van der Waals surface area contributed by atoms with Gasteiger partial charge in [0.05, 0.1) is 17.7 Å². The van der Waals surface area contributed by atoms with Crippen molar-refractivity contribution < 1.29 is 9.53 Å². The zero-order chi connectivity index (χ0) is 14.8. The summed E-state index contributed by atoms with van der Waals surface area (Å²) in [6, 6.07) is 8.47. The molecule has 3 atom stereocenters. The molecule has 1 aromatic rings. The van der Waals surface area contributed by atoms with E-state index >= 15 is 0 Å². The Hall–Kier alpha value is -1.07. The van der Waals surface area contributed by atoms with Crippen LogP contribution in [-0.2, 0) is 9.53 Å². The van der Waals surface area contributed by atoms with Gasteiger partial charge in [-0.3, -0.25) is 4.79 Å². The number of nitrogens with zero attached hydrogens (tertiary/aromatic N) is 1. The summed E-state index contributed by atoms with van der Waals surface area (Å²) < 4.78 is 6.59. The van der Waals surface area contributed by atoms with E-state index in [4.69, 9.17) is 4.74 Å². The van der Waals surface area contributed by atoms with Crippen molar-refractivity contribution in [3.8, 4) is 0 Å². The molecule has 3 unspecified atom stereocenters. The number of para-hydroxylation sites is 1. The largest absolute Gasteiger partial charge is 0.378 e. The summed E-state index contributed by atoms with van der Waals surface area (Å²) >= 11 is 3.59. The second kappa shape index (κ2) is 6.36.